The quantitative estimate of drug-likeness (QED) is 0.410. The lowest BCUT2D eigenvalue weighted by Gasteiger charge is -2.43. The van der Waals surface area contributed by atoms with Gasteiger partial charge in [0, 0.05) is 22.7 Å². The highest BCUT2D eigenvalue weighted by atomic mass is 35.5. The fourth-order valence-electron chi connectivity index (χ4n) is 3.04. The number of carbonyl (C=O) groups is 1. The SMILES string of the molecule is C/C(N)=N/C(=S)NC(=O)N1CC/C(=C\c2c(F)cc(Cl)cc2F)CC1(C)C. The van der Waals surface area contributed by atoms with E-state index in [1.165, 1.54) is 6.08 Å². The maximum Gasteiger partial charge on any atom is 0.324 e. The second kappa shape index (κ2) is 8.31. The van der Waals surface area contributed by atoms with Crippen LogP contribution in [-0.2, 0) is 0 Å². The van der Waals surface area contributed by atoms with E-state index in [2.05, 4.69) is 10.3 Å². The number of amidine groups is 1. The Morgan fingerprint density at radius 2 is 2.00 bits per heavy atom. The molecule has 0 bridgehead atoms. The normalized spacial score (nSPS) is 18.5. The average molecular weight is 415 g/mol. The highest BCUT2D eigenvalue weighted by Gasteiger charge is 2.35. The van der Waals surface area contributed by atoms with Crippen LogP contribution in [0.1, 0.15) is 39.2 Å². The largest absolute Gasteiger partial charge is 0.387 e. The van der Waals surface area contributed by atoms with E-state index in [9.17, 15) is 13.6 Å². The summed E-state index contributed by atoms with van der Waals surface area (Å²) in [5.74, 6) is -1.19. The lowest BCUT2D eigenvalue weighted by atomic mass is 9.86. The predicted molar refractivity (Wildman–Crippen MR) is 108 cm³/mol. The molecule has 1 aromatic rings. The van der Waals surface area contributed by atoms with Crippen LogP contribution < -0.4 is 11.1 Å². The van der Waals surface area contributed by atoms with Crippen molar-refractivity contribution in [2.75, 3.05) is 6.54 Å². The molecule has 3 N–H and O–H groups in total. The van der Waals surface area contributed by atoms with Crippen LogP contribution in [0.2, 0.25) is 5.02 Å². The molecule has 1 aromatic carbocycles. The first-order valence-corrected chi connectivity index (χ1v) is 9.05. The van der Waals surface area contributed by atoms with Crippen molar-refractivity contribution in [3.63, 3.8) is 0 Å². The molecule has 2 amide bonds. The molecule has 1 heterocycles. The minimum absolute atomic E-state index is 0.00492. The first kappa shape index (κ1) is 21.2. The Morgan fingerprint density at radius 3 is 2.52 bits per heavy atom. The van der Waals surface area contributed by atoms with Crippen molar-refractivity contribution in [2.45, 2.75) is 39.2 Å². The molecule has 0 atom stereocenters. The molecule has 0 radical (unpaired) electrons. The van der Waals surface area contributed by atoms with Crippen molar-refractivity contribution in [2.24, 2.45) is 10.7 Å². The lowest BCUT2D eigenvalue weighted by molar-refractivity contribution is 0.125. The number of likely N-dealkylation sites (tertiary alicyclic amines) is 1. The second-order valence-electron chi connectivity index (χ2n) is 6.97. The van der Waals surface area contributed by atoms with Crippen molar-refractivity contribution in [3.05, 3.63) is 39.9 Å². The molecule has 0 aliphatic carbocycles. The fourth-order valence-corrected chi connectivity index (χ4v) is 3.46. The summed E-state index contributed by atoms with van der Waals surface area (Å²) in [6.07, 6.45) is 2.42. The van der Waals surface area contributed by atoms with Gasteiger partial charge in [0.25, 0.3) is 0 Å². The minimum atomic E-state index is -0.717. The number of nitrogens with zero attached hydrogens (tertiary/aromatic N) is 2. The summed E-state index contributed by atoms with van der Waals surface area (Å²) in [6, 6.07) is 1.76. The summed E-state index contributed by atoms with van der Waals surface area (Å²) in [6.45, 7) is 5.67. The summed E-state index contributed by atoms with van der Waals surface area (Å²) >= 11 is 10.6. The van der Waals surface area contributed by atoms with Gasteiger partial charge in [0.2, 0.25) is 5.11 Å². The zero-order valence-electron chi connectivity index (χ0n) is 15.3. The van der Waals surface area contributed by atoms with Crippen LogP contribution in [0.3, 0.4) is 0 Å². The molecule has 27 heavy (non-hydrogen) atoms. The van der Waals surface area contributed by atoms with E-state index in [-0.39, 0.29) is 21.5 Å². The molecule has 1 saturated heterocycles. The van der Waals surface area contributed by atoms with Crippen molar-refractivity contribution < 1.29 is 13.6 Å². The van der Waals surface area contributed by atoms with Crippen LogP contribution in [-0.4, -0.2) is 34.0 Å². The zero-order chi connectivity index (χ0) is 20.4. The van der Waals surface area contributed by atoms with Crippen LogP contribution in [0.5, 0.6) is 0 Å². The first-order valence-electron chi connectivity index (χ1n) is 8.27. The molecule has 0 unspecified atom stereocenters. The number of nitrogens with two attached hydrogens (primary N) is 1. The number of aliphatic imine (C=N–C) groups is 1. The van der Waals surface area contributed by atoms with Gasteiger partial charge in [-0.2, -0.15) is 0 Å². The predicted octanol–water partition coefficient (Wildman–Crippen LogP) is 4.25. The van der Waals surface area contributed by atoms with E-state index in [4.69, 9.17) is 29.6 Å². The number of rotatable bonds is 1. The molecule has 5 nitrogen and oxygen atoms in total. The Labute approximate surface area is 167 Å². The van der Waals surface area contributed by atoms with Gasteiger partial charge in [0.1, 0.15) is 11.6 Å². The number of halogens is 3. The summed E-state index contributed by atoms with van der Waals surface area (Å²) in [7, 11) is 0. The maximum absolute atomic E-state index is 14.0. The monoisotopic (exact) mass is 414 g/mol. The van der Waals surface area contributed by atoms with E-state index in [1.807, 2.05) is 13.8 Å². The number of amides is 2. The lowest BCUT2D eigenvalue weighted by Crippen LogP contribution is -2.55. The third-order valence-corrected chi connectivity index (χ3v) is 4.59. The molecule has 1 fully saturated rings. The number of hydrogen-bond donors (Lipinski definition) is 2. The van der Waals surface area contributed by atoms with Gasteiger partial charge in [-0.25, -0.2) is 18.6 Å². The molecule has 9 heteroatoms. The smallest absolute Gasteiger partial charge is 0.324 e. The van der Waals surface area contributed by atoms with E-state index >= 15 is 0 Å². The van der Waals surface area contributed by atoms with E-state index < -0.39 is 23.2 Å². The Kier molecular flexibility index (Phi) is 6.54. The third kappa shape index (κ3) is 5.46. The molecular formula is C18H21ClF2N4OS. The Morgan fingerprint density at radius 1 is 1.41 bits per heavy atom. The third-order valence-electron chi connectivity index (χ3n) is 4.18. The molecule has 2 rings (SSSR count). The van der Waals surface area contributed by atoms with Crippen LogP contribution in [0.25, 0.3) is 6.08 Å². The van der Waals surface area contributed by atoms with Gasteiger partial charge in [-0.15, -0.1) is 0 Å². The summed E-state index contributed by atoms with van der Waals surface area (Å²) < 4.78 is 28.1. The van der Waals surface area contributed by atoms with Gasteiger partial charge in [0.15, 0.2) is 0 Å². The van der Waals surface area contributed by atoms with Gasteiger partial charge >= 0.3 is 6.03 Å². The average Bonchev–Trinajstić information content (AvgIpc) is 2.48. The highest BCUT2D eigenvalue weighted by Crippen LogP contribution is 2.33. The molecule has 0 aromatic heterocycles. The fraction of sp³-hybridized carbons (Fsp3) is 0.389. The van der Waals surface area contributed by atoms with Gasteiger partial charge in [-0.1, -0.05) is 17.2 Å². The maximum atomic E-state index is 14.0. The highest BCUT2D eigenvalue weighted by molar-refractivity contribution is 7.80. The van der Waals surface area contributed by atoms with E-state index in [1.54, 1.807) is 11.8 Å². The van der Waals surface area contributed by atoms with Crippen LogP contribution >= 0.6 is 23.8 Å². The van der Waals surface area contributed by atoms with Gasteiger partial charge in [0.05, 0.1) is 5.84 Å². The molecule has 0 spiro atoms. The minimum Gasteiger partial charge on any atom is -0.387 e. The number of carbonyl (C=O) groups excluding carboxylic acids is 1. The number of benzene rings is 1. The topological polar surface area (TPSA) is 70.7 Å². The molecule has 0 saturated carbocycles. The molecular weight excluding hydrogens is 394 g/mol. The Bertz CT molecular complexity index is 812. The van der Waals surface area contributed by atoms with Crippen molar-refractivity contribution in [3.8, 4) is 0 Å². The summed E-state index contributed by atoms with van der Waals surface area (Å²) in [5.41, 5.74) is 5.58. The molecule has 1 aliphatic heterocycles. The molecule has 1 aliphatic rings. The first-order chi connectivity index (χ1) is 12.5. The zero-order valence-corrected chi connectivity index (χ0v) is 16.8. The van der Waals surface area contributed by atoms with Gasteiger partial charge in [-0.3, -0.25) is 5.32 Å². The van der Waals surface area contributed by atoms with Crippen LogP contribution in [0.15, 0.2) is 22.7 Å². The Hall–Kier alpha value is -2.06. The van der Waals surface area contributed by atoms with Crippen LogP contribution in [0, 0.1) is 11.6 Å². The van der Waals surface area contributed by atoms with Crippen LogP contribution in [0.4, 0.5) is 13.6 Å². The van der Waals surface area contributed by atoms with Crippen molar-refractivity contribution in [1.29, 1.82) is 0 Å². The van der Waals surface area contributed by atoms with Crippen molar-refractivity contribution >= 4 is 46.9 Å². The number of nitrogens with one attached hydrogen (secondary N) is 1. The number of urea groups is 1. The second-order valence-corrected chi connectivity index (χ2v) is 7.79. The van der Waals surface area contributed by atoms with Gasteiger partial charge in [-0.05, 0) is 64.0 Å². The van der Waals surface area contributed by atoms with E-state index in [0.29, 0.717) is 19.4 Å². The number of piperidine rings is 1. The number of thiocarbonyl (C=S) groups is 1. The van der Waals surface area contributed by atoms with E-state index in [0.717, 1.165) is 17.7 Å². The standard InChI is InChI=1S/C18H21ClF2N4OS/c1-10(22)23-16(27)24-17(26)25-5-4-11(9-18(25,2)3)6-13-14(20)7-12(19)8-15(13)21/h6-8H,4-5,9H2,1-3H3,(H3,22,23,24,26,27)/b11-6+. The summed E-state index contributed by atoms with van der Waals surface area (Å²) in [5, 5.41) is 2.52. The Balaban J connectivity index is 2.17. The van der Waals surface area contributed by atoms with Gasteiger partial charge < -0.3 is 10.6 Å². The number of hydrogen-bond acceptors (Lipinski definition) is 2. The summed E-state index contributed by atoms with van der Waals surface area (Å²) in [4.78, 5) is 17.9. The molecule has 146 valence electrons. The van der Waals surface area contributed by atoms with Crippen molar-refractivity contribution in [1.82, 2.24) is 10.2 Å².